The number of aromatic nitrogens is 6. The number of ether oxygens (including phenoxy) is 1. The topological polar surface area (TPSA) is 105 Å². The Labute approximate surface area is 188 Å². The van der Waals surface area contributed by atoms with Gasteiger partial charge in [0.2, 0.25) is 5.82 Å². The summed E-state index contributed by atoms with van der Waals surface area (Å²) in [5.41, 5.74) is 3.36. The summed E-state index contributed by atoms with van der Waals surface area (Å²) in [5.74, 6) is -0.218. The number of Topliss-reactive ketones (excluding diaryl/α,β-unsaturated/α-hetero) is 1. The molecule has 10 heteroatoms. The van der Waals surface area contributed by atoms with Crippen LogP contribution in [0.5, 0.6) is 0 Å². The third kappa shape index (κ3) is 4.35. The van der Waals surface area contributed by atoms with Crippen LogP contribution < -0.4 is 0 Å². The Bertz CT molecular complexity index is 1270. The lowest BCUT2D eigenvalue weighted by Crippen LogP contribution is -2.14. The number of ketones is 1. The molecule has 1 aromatic carbocycles. The van der Waals surface area contributed by atoms with Crippen LogP contribution in [0.3, 0.4) is 0 Å². The molecule has 32 heavy (non-hydrogen) atoms. The number of aryl methyl sites for hydroxylation is 1. The zero-order chi connectivity index (χ0) is 22.8. The van der Waals surface area contributed by atoms with Crippen LogP contribution in [-0.2, 0) is 11.3 Å². The molecule has 0 saturated heterocycles. The highest BCUT2D eigenvalue weighted by Gasteiger charge is 2.19. The van der Waals surface area contributed by atoms with Crippen molar-refractivity contribution in [2.45, 2.75) is 40.3 Å². The van der Waals surface area contributed by atoms with Gasteiger partial charge in [-0.3, -0.25) is 9.36 Å². The van der Waals surface area contributed by atoms with Gasteiger partial charge in [-0.05, 0) is 51.1 Å². The lowest BCUT2D eigenvalue weighted by atomic mass is 10.1. The molecule has 0 unspecified atom stereocenters. The second-order valence-electron chi connectivity index (χ2n) is 7.54. The zero-order valence-corrected chi connectivity index (χ0v) is 19.0. The van der Waals surface area contributed by atoms with E-state index in [0.717, 1.165) is 16.5 Å². The maximum atomic E-state index is 12.9. The first-order valence-corrected chi connectivity index (χ1v) is 10.9. The predicted octanol–water partition coefficient (Wildman–Crippen LogP) is 3.65. The number of esters is 1. The van der Waals surface area contributed by atoms with E-state index in [2.05, 4.69) is 20.4 Å². The van der Waals surface area contributed by atoms with E-state index in [-0.39, 0.29) is 18.4 Å². The molecule has 3 aromatic heterocycles. The maximum Gasteiger partial charge on any atom is 0.338 e. The standard InChI is InChI=1S/C22H22N6O3S/c1-13(2)31-21(30)17-7-5-6-16(11-17)20-24-26-27(25-20)12-19(29)18-10-14(3)28(15(18)4)22-23-8-9-32-22/h5-11,13H,12H2,1-4H3. The molecule has 0 radical (unpaired) electrons. The Morgan fingerprint density at radius 1 is 1.19 bits per heavy atom. The molecule has 0 amide bonds. The van der Waals surface area contributed by atoms with Gasteiger partial charge in [0, 0.05) is 34.1 Å². The first-order chi connectivity index (χ1) is 15.3. The van der Waals surface area contributed by atoms with Crippen LogP contribution in [0, 0.1) is 13.8 Å². The number of rotatable bonds is 7. The summed E-state index contributed by atoms with van der Waals surface area (Å²) in [7, 11) is 0. The number of benzene rings is 1. The van der Waals surface area contributed by atoms with E-state index in [1.165, 1.54) is 16.1 Å². The quantitative estimate of drug-likeness (QED) is 0.313. The molecule has 0 N–H and O–H groups in total. The highest BCUT2D eigenvalue weighted by Crippen LogP contribution is 2.23. The van der Waals surface area contributed by atoms with Gasteiger partial charge in [-0.15, -0.1) is 21.5 Å². The molecular weight excluding hydrogens is 428 g/mol. The minimum atomic E-state index is -0.417. The van der Waals surface area contributed by atoms with E-state index in [9.17, 15) is 9.59 Å². The first kappa shape index (κ1) is 21.6. The number of hydrogen-bond donors (Lipinski definition) is 0. The van der Waals surface area contributed by atoms with E-state index < -0.39 is 5.97 Å². The normalized spacial score (nSPS) is 11.2. The van der Waals surface area contributed by atoms with Crippen LogP contribution in [0.1, 0.15) is 46.0 Å². The smallest absolute Gasteiger partial charge is 0.338 e. The summed E-state index contributed by atoms with van der Waals surface area (Å²) in [6.45, 7) is 7.36. The summed E-state index contributed by atoms with van der Waals surface area (Å²) < 4.78 is 7.19. The molecule has 0 spiro atoms. The number of thiazole rings is 1. The second-order valence-corrected chi connectivity index (χ2v) is 8.41. The Balaban J connectivity index is 1.53. The molecule has 0 fully saturated rings. The molecule has 4 rings (SSSR count). The van der Waals surface area contributed by atoms with Crippen LogP contribution in [0.4, 0.5) is 0 Å². The van der Waals surface area contributed by atoms with Crippen molar-refractivity contribution in [2.75, 3.05) is 0 Å². The minimum Gasteiger partial charge on any atom is -0.459 e. The SMILES string of the molecule is Cc1cc(C(=O)Cn2nnc(-c3cccc(C(=O)OC(C)C)c3)n2)c(C)n1-c1nccs1. The Hall–Kier alpha value is -3.66. The minimum absolute atomic E-state index is 0.0513. The number of carbonyl (C=O) groups is 2. The molecule has 164 valence electrons. The fourth-order valence-corrected chi connectivity index (χ4v) is 4.12. The molecule has 0 bridgehead atoms. The van der Waals surface area contributed by atoms with Crippen LogP contribution in [0.25, 0.3) is 16.5 Å². The van der Waals surface area contributed by atoms with E-state index in [1.807, 2.05) is 29.9 Å². The van der Waals surface area contributed by atoms with E-state index in [0.29, 0.717) is 22.5 Å². The van der Waals surface area contributed by atoms with Crippen molar-refractivity contribution < 1.29 is 14.3 Å². The zero-order valence-electron chi connectivity index (χ0n) is 18.1. The van der Waals surface area contributed by atoms with Gasteiger partial charge in [-0.2, -0.15) is 4.80 Å². The van der Waals surface area contributed by atoms with Crippen LogP contribution >= 0.6 is 11.3 Å². The molecule has 9 nitrogen and oxygen atoms in total. The maximum absolute atomic E-state index is 12.9. The Morgan fingerprint density at radius 2 is 2.00 bits per heavy atom. The monoisotopic (exact) mass is 450 g/mol. The van der Waals surface area contributed by atoms with Gasteiger partial charge >= 0.3 is 5.97 Å². The van der Waals surface area contributed by atoms with Crippen molar-refractivity contribution in [1.82, 2.24) is 29.8 Å². The molecule has 4 aromatic rings. The lowest BCUT2D eigenvalue weighted by molar-refractivity contribution is 0.0378. The Morgan fingerprint density at radius 3 is 2.72 bits per heavy atom. The van der Waals surface area contributed by atoms with Crippen molar-refractivity contribution in [2.24, 2.45) is 0 Å². The summed E-state index contributed by atoms with van der Waals surface area (Å²) >= 11 is 1.51. The number of hydrogen-bond acceptors (Lipinski definition) is 8. The lowest BCUT2D eigenvalue weighted by Gasteiger charge is -2.08. The van der Waals surface area contributed by atoms with Gasteiger partial charge < -0.3 is 4.74 Å². The average molecular weight is 451 g/mol. The summed E-state index contributed by atoms with van der Waals surface area (Å²) in [6, 6.07) is 8.67. The molecule has 0 saturated carbocycles. The molecule has 0 aliphatic heterocycles. The van der Waals surface area contributed by atoms with Gasteiger partial charge in [0.25, 0.3) is 0 Å². The highest BCUT2D eigenvalue weighted by atomic mass is 32.1. The predicted molar refractivity (Wildman–Crippen MR) is 119 cm³/mol. The molecular formula is C22H22N6O3S. The van der Waals surface area contributed by atoms with E-state index in [4.69, 9.17) is 4.74 Å². The first-order valence-electron chi connectivity index (χ1n) is 10.0. The number of nitrogens with zero attached hydrogens (tertiary/aromatic N) is 6. The fourth-order valence-electron chi connectivity index (χ4n) is 3.37. The van der Waals surface area contributed by atoms with Crippen molar-refractivity contribution in [3.05, 3.63) is 64.4 Å². The third-order valence-corrected chi connectivity index (χ3v) is 5.54. The number of tetrazole rings is 1. The summed E-state index contributed by atoms with van der Waals surface area (Å²) in [6.07, 6.45) is 1.52. The van der Waals surface area contributed by atoms with Crippen molar-refractivity contribution >= 4 is 23.1 Å². The molecule has 0 aliphatic carbocycles. The van der Waals surface area contributed by atoms with E-state index in [1.54, 1.807) is 44.3 Å². The number of carbonyl (C=O) groups excluding carboxylic acids is 2. The van der Waals surface area contributed by atoms with Gasteiger partial charge in [0.1, 0.15) is 6.54 Å². The second kappa shape index (κ2) is 8.83. The van der Waals surface area contributed by atoms with Gasteiger partial charge in [-0.1, -0.05) is 12.1 Å². The summed E-state index contributed by atoms with van der Waals surface area (Å²) in [4.78, 5) is 30.7. The molecule has 0 atom stereocenters. The molecule has 3 heterocycles. The van der Waals surface area contributed by atoms with Crippen LogP contribution in [-0.4, -0.2) is 47.6 Å². The van der Waals surface area contributed by atoms with Crippen molar-refractivity contribution in [3.8, 4) is 16.5 Å². The third-order valence-electron chi connectivity index (χ3n) is 4.78. The molecule has 0 aliphatic rings. The van der Waals surface area contributed by atoms with Crippen molar-refractivity contribution in [3.63, 3.8) is 0 Å². The fraction of sp³-hybridized carbons (Fsp3) is 0.273. The van der Waals surface area contributed by atoms with Gasteiger partial charge in [0.15, 0.2) is 10.9 Å². The van der Waals surface area contributed by atoms with E-state index >= 15 is 0 Å². The largest absolute Gasteiger partial charge is 0.459 e. The summed E-state index contributed by atoms with van der Waals surface area (Å²) in [5, 5.41) is 15.1. The van der Waals surface area contributed by atoms with Gasteiger partial charge in [0.05, 0.1) is 11.7 Å². The van der Waals surface area contributed by atoms with Crippen LogP contribution in [0.15, 0.2) is 41.9 Å². The Kier molecular flexibility index (Phi) is 5.95. The van der Waals surface area contributed by atoms with Crippen molar-refractivity contribution in [1.29, 1.82) is 0 Å². The highest BCUT2D eigenvalue weighted by molar-refractivity contribution is 7.12. The van der Waals surface area contributed by atoms with Gasteiger partial charge in [-0.25, -0.2) is 9.78 Å². The van der Waals surface area contributed by atoms with Crippen LogP contribution in [0.2, 0.25) is 0 Å². The average Bonchev–Trinajstić information content (AvgIpc) is 3.49.